The van der Waals surface area contributed by atoms with Gasteiger partial charge >= 0.3 is 0 Å². The summed E-state index contributed by atoms with van der Waals surface area (Å²) in [4.78, 5) is 4.90. The molecule has 0 fully saturated rings. The van der Waals surface area contributed by atoms with E-state index in [2.05, 4.69) is 36.4 Å². The van der Waals surface area contributed by atoms with Crippen molar-refractivity contribution in [2.24, 2.45) is 0 Å². The van der Waals surface area contributed by atoms with E-state index in [1.165, 1.54) is 0 Å². The van der Waals surface area contributed by atoms with Gasteiger partial charge in [0.15, 0.2) is 0 Å². The minimum absolute atomic E-state index is 0.832. The first-order chi connectivity index (χ1) is 13.8. The zero-order valence-electron chi connectivity index (χ0n) is 15.9. The van der Waals surface area contributed by atoms with E-state index in [4.69, 9.17) is 14.5 Å². The van der Waals surface area contributed by atoms with Crippen LogP contribution in [0.2, 0.25) is 0 Å². The first-order valence-corrected chi connectivity index (χ1v) is 9.13. The van der Waals surface area contributed by atoms with Crippen LogP contribution in [0.15, 0.2) is 84.9 Å². The van der Waals surface area contributed by atoms with Crippen molar-refractivity contribution in [1.82, 2.24) is 4.98 Å². The SMILES string of the molecule is COc1ccc(/C=C(\c2ccc(OC)cc2)c2ccc3ccccc3n2)cc1. The Bertz CT molecular complexity index is 1110. The third kappa shape index (κ3) is 3.74. The molecule has 0 unspecified atom stereocenters. The van der Waals surface area contributed by atoms with Gasteiger partial charge in [-0.25, -0.2) is 4.98 Å². The zero-order valence-corrected chi connectivity index (χ0v) is 15.9. The van der Waals surface area contributed by atoms with Crippen molar-refractivity contribution in [3.8, 4) is 11.5 Å². The van der Waals surface area contributed by atoms with Crippen LogP contribution in [0.3, 0.4) is 0 Å². The number of rotatable bonds is 5. The predicted molar refractivity (Wildman–Crippen MR) is 115 cm³/mol. The van der Waals surface area contributed by atoms with E-state index in [1.807, 2.05) is 54.6 Å². The van der Waals surface area contributed by atoms with Crippen molar-refractivity contribution in [1.29, 1.82) is 0 Å². The molecule has 4 rings (SSSR count). The summed E-state index contributed by atoms with van der Waals surface area (Å²) in [6.07, 6.45) is 2.15. The van der Waals surface area contributed by atoms with Gasteiger partial charge in [0.2, 0.25) is 0 Å². The summed E-state index contributed by atoms with van der Waals surface area (Å²) in [6, 6.07) is 28.4. The fourth-order valence-electron chi connectivity index (χ4n) is 3.16. The average molecular weight is 367 g/mol. The molecule has 0 radical (unpaired) electrons. The molecule has 0 bridgehead atoms. The van der Waals surface area contributed by atoms with Crippen LogP contribution in [-0.4, -0.2) is 19.2 Å². The van der Waals surface area contributed by atoms with Gasteiger partial charge in [-0.15, -0.1) is 0 Å². The quantitative estimate of drug-likeness (QED) is 0.415. The smallest absolute Gasteiger partial charge is 0.118 e. The van der Waals surface area contributed by atoms with Gasteiger partial charge in [0.05, 0.1) is 25.4 Å². The van der Waals surface area contributed by atoms with Crippen LogP contribution in [-0.2, 0) is 0 Å². The second-order valence-corrected chi connectivity index (χ2v) is 6.45. The van der Waals surface area contributed by atoms with E-state index in [9.17, 15) is 0 Å². The monoisotopic (exact) mass is 367 g/mol. The molecule has 0 amide bonds. The number of hydrogen-bond acceptors (Lipinski definition) is 3. The van der Waals surface area contributed by atoms with Gasteiger partial charge in [0, 0.05) is 11.0 Å². The highest BCUT2D eigenvalue weighted by molar-refractivity contribution is 5.92. The van der Waals surface area contributed by atoms with Crippen LogP contribution in [0.5, 0.6) is 11.5 Å². The van der Waals surface area contributed by atoms with Crippen molar-refractivity contribution < 1.29 is 9.47 Å². The maximum Gasteiger partial charge on any atom is 0.118 e. The molecule has 28 heavy (non-hydrogen) atoms. The Morgan fingerprint density at radius 2 is 1.36 bits per heavy atom. The second kappa shape index (κ2) is 7.97. The van der Waals surface area contributed by atoms with Gasteiger partial charge in [-0.1, -0.05) is 48.5 Å². The van der Waals surface area contributed by atoms with Crippen LogP contribution < -0.4 is 9.47 Å². The van der Waals surface area contributed by atoms with E-state index < -0.39 is 0 Å². The molecule has 1 heterocycles. The maximum atomic E-state index is 5.31. The number of pyridine rings is 1. The summed E-state index contributed by atoms with van der Waals surface area (Å²) < 4.78 is 10.6. The third-order valence-corrected chi connectivity index (χ3v) is 4.70. The van der Waals surface area contributed by atoms with E-state index in [-0.39, 0.29) is 0 Å². The zero-order chi connectivity index (χ0) is 19.3. The molecule has 3 nitrogen and oxygen atoms in total. The van der Waals surface area contributed by atoms with Gasteiger partial charge < -0.3 is 9.47 Å². The summed E-state index contributed by atoms with van der Waals surface area (Å²) in [5.41, 5.74) is 5.13. The highest BCUT2D eigenvalue weighted by atomic mass is 16.5. The van der Waals surface area contributed by atoms with Crippen LogP contribution in [0.25, 0.3) is 22.6 Å². The lowest BCUT2D eigenvalue weighted by Crippen LogP contribution is -1.94. The molecule has 1 aromatic heterocycles. The van der Waals surface area contributed by atoms with Crippen molar-refractivity contribution in [2.45, 2.75) is 0 Å². The van der Waals surface area contributed by atoms with E-state index >= 15 is 0 Å². The van der Waals surface area contributed by atoms with Gasteiger partial charge in [-0.2, -0.15) is 0 Å². The maximum absolute atomic E-state index is 5.31. The Balaban J connectivity index is 1.84. The fourth-order valence-corrected chi connectivity index (χ4v) is 3.16. The predicted octanol–water partition coefficient (Wildman–Crippen LogP) is 5.84. The van der Waals surface area contributed by atoms with Crippen LogP contribution in [0.4, 0.5) is 0 Å². The molecule has 3 aromatic carbocycles. The van der Waals surface area contributed by atoms with E-state index in [0.717, 1.165) is 44.8 Å². The Labute approximate surface area is 164 Å². The van der Waals surface area contributed by atoms with Gasteiger partial charge in [-0.05, 0) is 53.6 Å². The van der Waals surface area contributed by atoms with Gasteiger partial charge in [0.1, 0.15) is 11.5 Å². The molecule has 0 aliphatic carbocycles. The number of methoxy groups -OCH3 is 2. The molecule has 0 aliphatic heterocycles. The number of fused-ring (bicyclic) bond motifs is 1. The number of hydrogen-bond donors (Lipinski definition) is 0. The minimum atomic E-state index is 0.832. The fraction of sp³-hybridized carbons (Fsp3) is 0.0800. The average Bonchev–Trinajstić information content (AvgIpc) is 2.77. The Kier molecular flexibility index (Phi) is 5.07. The molecule has 4 aromatic rings. The number of ether oxygens (including phenoxy) is 2. The van der Waals surface area contributed by atoms with Crippen molar-refractivity contribution in [2.75, 3.05) is 14.2 Å². The van der Waals surface area contributed by atoms with Gasteiger partial charge in [0.25, 0.3) is 0 Å². The van der Waals surface area contributed by atoms with Crippen molar-refractivity contribution in [3.05, 3.63) is 102 Å². The molecule has 138 valence electrons. The highest BCUT2D eigenvalue weighted by Crippen LogP contribution is 2.28. The third-order valence-electron chi connectivity index (χ3n) is 4.70. The summed E-state index contributed by atoms with van der Waals surface area (Å²) in [7, 11) is 3.35. The first kappa shape index (κ1) is 17.8. The molecule has 0 saturated carbocycles. The lowest BCUT2D eigenvalue weighted by atomic mass is 9.98. The Hall–Kier alpha value is -3.59. The number of aromatic nitrogens is 1. The lowest BCUT2D eigenvalue weighted by molar-refractivity contribution is 0.414. The normalized spacial score (nSPS) is 11.4. The molecular formula is C25H21NO2. The minimum Gasteiger partial charge on any atom is -0.497 e. The lowest BCUT2D eigenvalue weighted by Gasteiger charge is -2.11. The largest absolute Gasteiger partial charge is 0.497 e. The Morgan fingerprint density at radius 1 is 0.714 bits per heavy atom. The highest BCUT2D eigenvalue weighted by Gasteiger charge is 2.09. The molecular weight excluding hydrogens is 346 g/mol. The van der Waals surface area contributed by atoms with Gasteiger partial charge in [-0.3, -0.25) is 0 Å². The summed E-state index contributed by atoms with van der Waals surface area (Å²) >= 11 is 0. The van der Waals surface area contributed by atoms with E-state index in [1.54, 1.807) is 14.2 Å². The van der Waals surface area contributed by atoms with Crippen LogP contribution >= 0.6 is 0 Å². The number of nitrogens with zero attached hydrogens (tertiary/aromatic N) is 1. The van der Waals surface area contributed by atoms with Crippen LogP contribution in [0.1, 0.15) is 16.8 Å². The van der Waals surface area contributed by atoms with Crippen molar-refractivity contribution >= 4 is 22.6 Å². The number of benzene rings is 3. The summed E-state index contributed by atoms with van der Waals surface area (Å²) in [5, 5.41) is 1.13. The molecule has 0 atom stereocenters. The molecule has 0 N–H and O–H groups in total. The molecule has 0 spiro atoms. The summed E-state index contributed by atoms with van der Waals surface area (Å²) in [6.45, 7) is 0. The van der Waals surface area contributed by atoms with Crippen LogP contribution in [0, 0.1) is 0 Å². The van der Waals surface area contributed by atoms with E-state index in [0.29, 0.717) is 0 Å². The first-order valence-electron chi connectivity index (χ1n) is 9.13. The standard InChI is InChI=1S/C25H21NO2/c1-27-21-12-7-18(8-13-21)17-23(19-9-14-22(28-2)15-10-19)25-16-11-20-5-3-4-6-24(20)26-25/h3-17H,1-2H3/b23-17+. The molecule has 3 heteroatoms. The molecule has 0 aliphatic rings. The molecule has 0 saturated heterocycles. The topological polar surface area (TPSA) is 31.4 Å². The number of para-hydroxylation sites is 1. The Morgan fingerprint density at radius 3 is 2.04 bits per heavy atom. The second-order valence-electron chi connectivity index (χ2n) is 6.45. The van der Waals surface area contributed by atoms with Crippen molar-refractivity contribution in [3.63, 3.8) is 0 Å². The summed E-state index contributed by atoms with van der Waals surface area (Å²) in [5.74, 6) is 1.67.